The first-order valence-electron chi connectivity index (χ1n) is 9.62. The summed E-state index contributed by atoms with van der Waals surface area (Å²) >= 11 is 6.10. The van der Waals surface area contributed by atoms with E-state index in [2.05, 4.69) is 16.5 Å². The average Bonchev–Trinajstić information content (AvgIpc) is 3.26. The molecule has 0 unspecified atom stereocenters. The monoisotopic (exact) mass is 438 g/mol. The van der Waals surface area contributed by atoms with Crippen molar-refractivity contribution in [2.45, 2.75) is 0 Å². The Hall–Kier alpha value is -3.65. The van der Waals surface area contributed by atoms with Gasteiger partial charge in [0.2, 0.25) is 0 Å². The van der Waals surface area contributed by atoms with Crippen LogP contribution < -0.4 is 4.74 Å². The number of amides is 2. The Morgan fingerprint density at radius 1 is 1.10 bits per heavy atom. The first-order chi connectivity index (χ1) is 15.0. The Morgan fingerprint density at radius 3 is 2.45 bits per heavy atom. The maximum absolute atomic E-state index is 13.0. The molecule has 1 saturated heterocycles. The molecule has 1 aliphatic rings. The summed E-state index contributed by atoms with van der Waals surface area (Å²) in [4.78, 5) is 48.5. The number of ketones is 1. The van der Waals surface area contributed by atoms with Crippen LogP contribution >= 0.6 is 11.6 Å². The van der Waals surface area contributed by atoms with E-state index in [1.807, 2.05) is 6.07 Å². The zero-order valence-corrected chi connectivity index (χ0v) is 17.3. The fourth-order valence-electron chi connectivity index (χ4n) is 3.58. The van der Waals surface area contributed by atoms with Crippen LogP contribution in [0.15, 0.2) is 55.6 Å². The van der Waals surface area contributed by atoms with Gasteiger partial charge in [-0.05, 0) is 12.1 Å². The van der Waals surface area contributed by atoms with Crippen molar-refractivity contribution in [2.24, 2.45) is 0 Å². The number of nitrogens with zero attached hydrogens (tertiary/aromatic N) is 3. The van der Waals surface area contributed by atoms with Crippen LogP contribution in [0.1, 0.15) is 20.7 Å². The van der Waals surface area contributed by atoms with E-state index in [1.165, 1.54) is 23.6 Å². The molecular weight excluding hydrogens is 420 g/mol. The number of hydrogen-bond acceptors (Lipinski definition) is 5. The largest absolute Gasteiger partial charge is 0.463 e. The van der Waals surface area contributed by atoms with Crippen LogP contribution in [0.5, 0.6) is 5.75 Å². The number of pyridine rings is 1. The minimum absolute atomic E-state index is 0.0935. The fourth-order valence-corrected chi connectivity index (χ4v) is 3.78. The van der Waals surface area contributed by atoms with Crippen molar-refractivity contribution in [3.05, 3.63) is 71.8 Å². The number of fused-ring (bicyclic) bond motifs is 1. The number of carbonyl (C=O) groups excluding carboxylic acids is 3. The molecule has 1 fully saturated rings. The number of piperazine rings is 1. The van der Waals surface area contributed by atoms with Gasteiger partial charge in [0.25, 0.3) is 17.6 Å². The lowest BCUT2D eigenvalue weighted by Gasteiger charge is -2.34. The number of H-pyrrole nitrogens is 1. The molecule has 1 aliphatic heterocycles. The molecule has 0 spiro atoms. The van der Waals surface area contributed by atoms with Gasteiger partial charge in [-0.2, -0.15) is 0 Å². The van der Waals surface area contributed by atoms with Gasteiger partial charge in [0.1, 0.15) is 0 Å². The van der Waals surface area contributed by atoms with Crippen LogP contribution in [0, 0.1) is 0 Å². The van der Waals surface area contributed by atoms with Crippen molar-refractivity contribution in [2.75, 3.05) is 26.2 Å². The number of carbonyl (C=O) groups is 3. The number of nitrogens with one attached hydrogen (secondary N) is 1. The lowest BCUT2D eigenvalue weighted by atomic mass is 10.1. The Labute approximate surface area is 183 Å². The smallest absolute Gasteiger partial charge is 0.295 e. The number of benzene rings is 1. The van der Waals surface area contributed by atoms with Gasteiger partial charge in [-0.15, -0.1) is 0 Å². The SMILES string of the molecule is C=COc1cnc(Cl)c2[nH]cc(C(=O)C(=O)N3CCN(C(=O)c4ccccc4)CC3)c12. The summed E-state index contributed by atoms with van der Waals surface area (Å²) in [5.41, 5.74) is 1.14. The number of Topliss-reactive ketones (excluding diaryl/α,β-unsaturated/α-hetero) is 1. The molecule has 3 heterocycles. The third-order valence-corrected chi connectivity index (χ3v) is 5.44. The standard InChI is InChI=1S/C22H19ClN4O4/c1-2-31-16-13-25-20(23)18-17(16)15(12-24-18)19(28)22(30)27-10-8-26(9-11-27)21(29)14-6-4-3-5-7-14/h2-7,12-13,24H,1,8-11H2. The van der Waals surface area contributed by atoms with Crippen molar-refractivity contribution in [3.8, 4) is 5.75 Å². The van der Waals surface area contributed by atoms with E-state index >= 15 is 0 Å². The van der Waals surface area contributed by atoms with Crippen LogP contribution in [0.25, 0.3) is 10.9 Å². The van der Waals surface area contributed by atoms with Gasteiger partial charge in [0.15, 0.2) is 10.9 Å². The summed E-state index contributed by atoms with van der Waals surface area (Å²) in [6.45, 7) is 4.74. The molecule has 3 aromatic rings. The van der Waals surface area contributed by atoms with Gasteiger partial charge in [0, 0.05) is 37.9 Å². The van der Waals surface area contributed by atoms with Crippen molar-refractivity contribution in [1.82, 2.24) is 19.8 Å². The molecule has 9 heteroatoms. The Morgan fingerprint density at radius 2 is 1.77 bits per heavy atom. The molecule has 158 valence electrons. The molecule has 31 heavy (non-hydrogen) atoms. The van der Waals surface area contributed by atoms with E-state index in [9.17, 15) is 14.4 Å². The zero-order valence-electron chi connectivity index (χ0n) is 16.5. The molecule has 4 rings (SSSR count). The number of aromatic nitrogens is 2. The summed E-state index contributed by atoms with van der Waals surface area (Å²) in [5.74, 6) is -1.16. The zero-order chi connectivity index (χ0) is 22.0. The first kappa shape index (κ1) is 20.6. The minimum Gasteiger partial charge on any atom is -0.463 e. The number of aromatic amines is 1. The fraction of sp³-hybridized carbons (Fsp3) is 0.182. The Balaban J connectivity index is 1.50. The second-order valence-electron chi connectivity index (χ2n) is 6.93. The molecule has 0 bridgehead atoms. The second-order valence-corrected chi connectivity index (χ2v) is 7.29. The van der Waals surface area contributed by atoms with Gasteiger partial charge in [0.05, 0.1) is 28.9 Å². The van der Waals surface area contributed by atoms with Crippen LogP contribution in [0.4, 0.5) is 0 Å². The molecule has 0 atom stereocenters. The van der Waals surface area contributed by atoms with Crippen molar-refractivity contribution in [3.63, 3.8) is 0 Å². The molecule has 1 N–H and O–H groups in total. The Kier molecular flexibility index (Phi) is 5.73. The molecule has 0 saturated carbocycles. The van der Waals surface area contributed by atoms with Gasteiger partial charge < -0.3 is 19.5 Å². The topological polar surface area (TPSA) is 95.6 Å². The summed E-state index contributed by atoms with van der Waals surface area (Å²) < 4.78 is 5.33. The van der Waals surface area contributed by atoms with Crippen LogP contribution in [0.3, 0.4) is 0 Å². The van der Waals surface area contributed by atoms with Gasteiger partial charge in [-0.1, -0.05) is 36.4 Å². The molecule has 2 amide bonds. The van der Waals surface area contributed by atoms with Crippen molar-refractivity contribution < 1.29 is 19.1 Å². The average molecular weight is 439 g/mol. The number of ether oxygens (including phenoxy) is 1. The van der Waals surface area contributed by atoms with Crippen molar-refractivity contribution in [1.29, 1.82) is 0 Å². The normalized spacial score (nSPS) is 13.8. The highest BCUT2D eigenvalue weighted by molar-refractivity contribution is 6.45. The molecular formula is C22H19ClN4O4. The maximum atomic E-state index is 13.0. The van der Waals surface area contributed by atoms with E-state index in [-0.39, 0.29) is 35.5 Å². The predicted molar refractivity (Wildman–Crippen MR) is 115 cm³/mol. The number of halogens is 1. The van der Waals surface area contributed by atoms with E-state index in [0.717, 1.165) is 0 Å². The lowest BCUT2D eigenvalue weighted by Crippen LogP contribution is -2.52. The third-order valence-electron chi connectivity index (χ3n) is 5.15. The highest BCUT2D eigenvalue weighted by Crippen LogP contribution is 2.32. The highest BCUT2D eigenvalue weighted by Gasteiger charge is 2.31. The van der Waals surface area contributed by atoms with Gasteiger partial charge in [-0.3, -0.25) is 14.4 Å². The maximum Gasteiger partial charge on any atom is 0.295 e. The van der Waals surface area contributed by atoms with E-state index in [0.29, 0.717) is 29.6 Å². The predicted octanol–water partition coefficient (Wildman–Crippen LogP) is 2.91. The van der Waals surface area contributed by atoms with E-state index in [4.69, 9.17) is 16.3 Å². The highest BCUT2D eigenvalue weighted by atomic mass is 35.5. The molecule has 0 aliphatic carbocycles. The molecule has 8 nitrogen and oxygen atoms in total. The molecule has 0 radical (unpaired) electrons. The quantitative estimate of drug-likeness (QED) is 0.286. The first-order valence-corrected chi connectivity index (χ1v) is 10.00. The van der Waals surface area contributed by atoms with Crippen LogP contribution in [0.2, 0.25) is 5.15 Å². The van der Waals surface area contributed by atoms with Gasteiger partial charge >= 0.3 is 0 Å². The Bertz CT molecular complexity index is 1170. The number of rotatable bonds is 5. The summed E-state index contributed by atoms with van der Waals surface area (Å²) in [6, 6.07) is 8.96. The lowest BCUT2D eigenvalue weighted by molar-refractivity contribution is -0.127. The minimum atomic E-state index is -0.690. The number of hydrogen-bond donors (Lipinski definition) is 1. The molecule has 2 aromatic heterocycles. The van der Waals surface area contributed by atoms with Crippen LogP contribution in [-0.4, -0.2) is 63.5 Å². The van der Waals surface area contributed by atoms with Gasteiger partial charge in [-0.25, -0.2) is 4.98 Å². The molecule has 1 aromatic carbocycles. The summed E-state index contributed by atoms with van der Waals surface area (Å²) in [7, 11) is 0. The summed E-state index contributed by atoms with van der Waals surface area (Å²) in [5, 5.41) is 0.530. The third kappa shape index (κ3) is 3.89. The van der Waals surface area contributed by atoms with E-state index < -0.39 is 11.7 Å². The van der Waals surface area contributed by atoms with Crippen molar-refractivity contribution >= 4 is 40.1 Å². The van der Waals surface area contributed by atoms with Crippen LogP contribution in [-0.2, 0) is 4.79 Å². The second kappa shape index (κ2) is 8.61. The summed E-state index contributed by atoms with van der Waals surface area (Å²) in [6.07, 6.45) is 4.00. The van der Waals surface area contributed by atoms with E-state index in [1.54, 1.807) is 29.2 Å².